The van der Waals surface area contributed by atoms with Gasteiger partial charge >= 0.3 is 0 Å². The summed E-state index contributed by atoms with van der Waals surface area (Å²) in [7, 11) is 0. The summed E-state index contributed by atoms with van der Waals surface area (Å²) in [6.45, 7) is 2.38. The fraction of sp³-hybridized carbons (Fsp3) is 0.300. The van der Waals surface area contributed by atoms with Gasteiger partial charge in [0.2, 0.25) is 5.91 Å². The quantitative estimate of drug-likeness (QED) is 0.331. The molecule has 1 aromatic carbocycles. The number of carbonyl (C=O) groups excluding carboxylic acids is 1. The predicted octanol–water partition coefficient (Wildman–Crippen LogP) is 0.428. The molecular formula is C10H15N5O3. The molecule has 0 atom stereocenters. The Bertz CT molecular complexity index is 449. The molecule has 5 N–H and O–H groups in total. The Kier molecular flexibility index (Phi) is 4.88. The van der Waals surface area contributed by atoms with Gasteiger partial charge in [-0.05, 0) is 13.0 Å². The van der Waals surface area contributed by atoms with Crippen LogP contribution in [0.5, 0.6) is 0 Å². The molecule has 0 radical (unpaired) electrons. The van der Waals surface area contributed by atoms with E-state index in [-0.39, 0.29) is 18.1 Å². The molecule has 0 aromatic heterocycles. The number of hydrogen-bond donors (Lipinski definition) is 4. The molecule has 1 aromatic rings. The van der Waals surface area contributed by atoms with E-state index in [0.717, 1.165) is 0 Å². The summed E-state index contributed by atoms with van der Waals surface area (Å²) in [6.07, 6.45) is 0. The largest absolute Gasteiger partial charge is 0.376 e. The highest BCUT2D eigenvalue weighted by molar-refractivity contribution is 5.81. The number of nitro benzene ring substituents is 1. The van der Waals surface area contributed by atoms with Crippen LogP contribution in [0.2, 0.25) is 0 Å². The fourth-order valence-electron chi connectivity index (χ4n) is 1.34. The van der Waals surface area contributed by atoms with E-state index in [1.165, 1.54) is 12.1 Å². The maximum absolute atomic E-state index is 11.2. The van der Waals surface area contributed by atoms with Crippen molar-refractivity contribution >= 4 is 23.0 Å². The van der Waals surface area contributed by atoms with Crippen LogP contribution in [0, 0.1) is 10.1 Å². The minimum Gasteiger partial charge on any atom is -0.376 e. The third-order valence-electron chi connectivity index (χ3n) is 2.12. The summed E-state index contributed by atoms with van der Waals surface area (Å²) >= 11 is 0. The van der Waals surface area contributed by atoms with E-state index in [0.29, 0.717) is 17.9 Å². The van der Waals surface area contributed by atoms with E-state index in [1.807, 2.05) is 6.92 Å². The summed E-state index contributed by atoms with van der Waals surface area (Å²) in [6, 6.07) is 4.21. The van der Waals surface area contributed by atoms with Crippen LogP contribution in [-0.2, 0) is 4.79 Å². The first-order valence-corrected chi connectivity index (χ1v) is 5.33. The summed E-state index contributed by atoms with van der Waals surface area (Å²) in [5.74, 6) is 5.02. The number of non-ortho nitro benzene ring substituents is 1. The molecule has 98 valence electrons. The number of nitrogens with one attached hydrogen (secondary N) is 3. The van der Waals surface area contributed by atoms with Crippen molar-refractivity contribution in [3.05, 3.63) is 28.3 Å². The maximum Gasteiger partial charge on any atom is 0.273 e. The van der Waals surface area contributed by atoms with Crippen molar-refractivity contribution in [1.82, 2.24) is 5.32 Å². The number of nitro groups is 1. The molecule has 0 spiro atoms. The first-order chi connectivity index (χ1) is 8.56. The smallest absolute Gasteiger partial charge is 0.273 e. The highest BCUT2D eigenvalue weighted by atomic mass is 16.6. The SMILES string of the molecule is CCNC(=O)CNc1cc(NN)cc([N+](=O)[O-])c1. The Morgan fingerprint density at radius 3 is 2.61 bits per heavy atom. The standard InChI is InChI=1S/C10H15N5O3/c1-2-12-10(16)6-13-7-3-8(14-11)5-9(4-7)15(17)18/h3-5,13-14H,2,6,11H2,1H3,(H,12,16). The average molecular weight is 253 g/mol. The second-order valence-electron chi connectivity index (χ2n) is 3.48. The normalized spacial score (nSPS) is 9.67. The number of carbonyl (C=O) groups is 1. The van der Waals surface area contributed by atoms with Gasteiger partial charge in [0.1, 0.15) is 0 Å². The highest BCUT2D eigenvalue weighted by Crippen LogP contribution is 2.23. The van der Waals surface area contributed by atoms with Crippen molar-refractivity contribution in [2.75, 3.05) is 23.8 Å². The zero-order valence-corrected chi connectivity index (χ0v) is 9.90. The van der Waals surface area contributed by atoms with Crippen LogP contribution in [0.4, 0.5) is 17.1 Å². The van der Waals surface area contributed by atoms with Crippen LogP contribution >= 0.6 is 0 Å². The van der Waals surface area contributed by atoms with Crippen molar-refractivity contribution < 1.29 is 9.72 Å². The number of nitrogen functional groups attached to an aromatic ring is 1. The van der Waals surface area contributed by atoms with Gasteiger partial charge in [0.25, 0.3) is 5.69 Å². The summed E-state index contributed by atoms with van der Waals surface area (Å²) < 4.78 is 0. The van der Waals surface area contributed by atoms with Crippen molar-refractivity contribution in [2.24, 2.45) is 5.84 Å². The van der Waals surface area contributed by atoms with E-state index in [9.17, 15) is 14.9 Å². The Morgan fingerprint density at radius 1 is 1.39 bits per heavy atom. The number of amides is 1. The van der Waals surface area contributed by atoms with E-state index in [2.05, 4.69) is 16.1 Å². The molecule has 0 saturated carbocycles. The van der Waals surface area contributed by atoms with Gasteiger partial charge < -0.3 is 16.1 Å². The number of nitrogens with zero attached hydrogens (tertiary/aromatic N) is 1. The molecule has 8 nitrogen and oxygen atoms in total. The third-order valence-corrected chi connectivity index (χ3v) is 2.12. The molecule has 0 aliphatic carbocycles. The second kappa shape index (κ2) is 6.40. The van der Waals surface area contributed by atoms with Crippen molar-refractivity contribution in [3.8, 4) is 0 Å². The first-order valence-electron chi connectivity index (χ1n) is 5.33. The van der Waals surface area contributed by atoms with E-state index < -0.39 is 4.92 Å². The zero-order valence-electron chi connectivity index (χ0n) is 9.90. The van der Waals surface area contributed by atoms with E-state index >= 15 is 0 Å². The molecule has 0 heterocycles. The number of rotatable bonds is 6. The monoisotopic (exact) mass is 253 g/mol. The van der Waals surface area contributed by atoms with Gasteiger partial charge in [-0.25, -0.2) is 0 Å². The second-order valence-corrected chi connectivity index (χ2v) is 3.48. The molecule has 1 amide bonds. The minimum atomic E-state index is -0.530. The number of nitrogens with two attached hydrogens (primary N) is 1. The maximum atomic E-state index is 11.2. The lowest BCUT2D eigenvalue weighted by atomic mass is 10.2. The van der Waals surface area contributed by atoms with Crippen molar-refractivity contribution in [3.63, 3.8) is 0 Å². The van der Waals surface area contributed by atoms with Crippen LogP contribution in [0.1, 0.15) is 6.92 Å². The molecule has 0 bridgehead atoms. The summed E-state index contributed by atoms with van der Waals surface area (Å²) in [4.78, 5) is 21.4. The molecule has 0 aliphatic heterocycles. The number of likely N-dealkylation sites (N-methyl/N-ethyl adjacent to an activating group) is 1. The molecule has 0 aliphatic rings. The lowest BCUT2D eigenvalue weighted by molar-refractivity contribution is -0.384. The van der Waals surface area contributed by atoms with Gasteiger partial charge in [0, 0.05) is 24.4 Å². The van der Waals surface area contributed by atoms with Crippen LogP contribution in [0.15, 0.2) is 18.2 Å². The molecule has 0 saturated heterocycles. The van der Waals surface area contributed by atoms with Crippen LogP contribution in [0.25, 0.3) is 0 Å². The topological polar surface area (TPSA) is 122 Å². The molecule has 8 heteroatoms. The molecule has 18 heavy (non-hydrogen) atoms. The van der Waals surface area contributed by atoms with Crippen molar-refractivity contribution in [2.45, 2.75) is 6.92 Å². The van der Waals surface area contributed by atoms with E-state index in [1.54, 1.807) is 6.07 Å². The number of anilines is 2. The van der Waals surface area contributed by atoms with Crippen molar-refractivity contribution in [1.29, 1.82) is 0 Å². The minimum absolute atomic E-state index is 0.0407. The molecule has 0 fully saturated rings. The Balaban J connectivity index is 2.78. The van der Waals surface area contributed by atoms with Crippen LogP contribution in [0.3, 0.4) is 0 Å². The third kappa shape index (κ3) is 3.91. The molecule has 0 unspecified atom stereocenters. The Morgan fingerprint density at radius 2 is 2.06 bits per heavy atom. The highest BCUT2D eigenvalue weighted by Gasteiger charge is 2.09. The van der Waals surface area contributed by atoms with Gasteiger partial charge in [-0.2, -0.15) is 0 Å². The van der Waals surface area contributed by atoms with Crippen LogP contribution in [-0.4, -0.2) is 23.9 Å². The zero-order chi connectivity index (χ0) is 13.5. The number of hydrogen-bond acceptors (Lipinski definition) is 6. The molecular weight excluding hydrogens is 238 g/mol. The number of benzene rings is 1. The van der Waals surface area contributed by atoms with Crippen LogP contribution < -0.4 is 21.9 Å². The predicted molar refractivity (Wildman–Crippen MR) is 68.1 cm³/mol. The fourth-order valence-corrected chi connectivity index (χ4v) is 1.34. The van der Waals surface area contributed by atoms with Gasteiger partial charge in [0.05, 0.1) is 17.2 Å². The molecule has 1 rings (SSSR count). The Hall–Kier alpha value is -2.35. The summed E-state index contributed by atoms with van der Waals surface area (Å²) in [5.41, 5.74) is 3.06. The van der Waals surface area contributed by atoms with Gasteiger partial charge in [-0.15, -0.1) is 0 Å². The average Bonchev–Trinajstić information content (AvgIpc) is 2.36. The van der Waals surface area contributed by atoms with E-state index in [4.69, 9.17) is 5.84 Å². The number of hydrazine groups is 1. The van der Waals surface area contributed by atoms with Gasteiger partial charge in [0.15, 0.2) is 0 Å². The summed E-state index contributed by atoms with van der Waals surface area (Å²) in [5, 5.41) is 16.1. The van der Waals surface area contributed by atoms with Gasteiger partial charge in [-0.1, -0.05) is 0 Å². The van der Waals surface area contributed by atoms with Gasteiger partial charge in [-0.3, -0.25) is 20.8 Å². The lowest BCUT2D eigenvalue weighted by Crippen LogP contribution is -2.29. The first kappa shape index (κ1) is 13.7. The lowest BCUT2D eigenvalue weighted by Gasteiger charge is -2.08. The Labute approximate surface area is 104 Å².